The Labute approximate surface area is 122 Å². The lowest BCUT2D eigenvalue weighted by molar-refractivity contribution is 0.201. The van der Waals surface area contributed by atoms with Crippen LogP contribution >= 0.6 is 11.6 Å². The molecule has 0 aromatic heterocycles. The monoisotopic (exact) mass is 279 g/mol. The molecule has 19 heavy (non-hydrogen) atoms. The lowest BCUT2D eigenvalue weighted by Crippen LogP contribution is -2.39. The van der Waals surface area contributed by atoms with Crippen molar-refractivity contribution in [1.29, 1.82) is 0 Å². The first-order valence-electron chi connectivity index (χ1n) is 7.55. The molecule has 0 amide bonds. The quantitative estimate of drug-likeness (QED) is 0.814. The van der Waals surface area contributed by atoms with Crippen LogP contribution < -0.4 is 5.32 Å². The molecule has 1 aliphatic rings. The second kappa shape index (κ2) is 6.76. The van der Waals surface area contributed by atoms with E-state index in [2.05, 4.69) is 31.3 Å². The third kappa shape index (κ3) is 4.81. The fraction of sp³-hybridized carbons (Fsp3) is 0.647. The molecule has 0 bridgehead atoms. The van der Waals surface area contributed by atoms with E-state index in [4.69, 9.17) is 11.6 Å². The zero-order valence-corrected chi connectivity index (χ0v) is 13.0. The van der Waals surface area contributed by atoms with Gasteiger partial charge in [-0.2, -0.15) is 0 Å². The van der Waals surface area contributed by atoms with Crippen LogP contribution in [0.3, 0.4) is 0 Å². The highest BCUT2D eigenvalue weighted by Gasteiger charge is 2.26. The van der Waals surface area contributed by atoms with E-state index < -0.39 is 0 Å². The standard InChI is InChI=1S/C17H26ClN/c1-14(12-15-6-8-16(18)9-7-15)19-13-17(2)10-4-3-5-11-17/h6-9,14,19H,3-5,10-13H2,1-2H3. The van der Waals surface area contributed by atoms with Crippen molar-refractivity contribution in [3.8, 4) is 0 Å². The second-order valence-electron chi connectivity index (χ2n) is 6.48. The van der Waals surface area contributed by atoms with E-state index in [0.717, 1.165) is 18.0 Å². The summed E-state index contributed by atoms with van der Waals surface area (Å²) in [6.07, 6.45) is 8.08. The van der Waals surface area contributed by atoms with E-state index in [1.54, 1.807) is 0 Å². The van der Waals surface area contributed by atoms with Crippen LogP contribution in [0, 0.1) is 5.41 Å². The van der Waals surface area contributed by atoms with Gasteiger partial charge < -0.3 is 5.32 Å². The first-order chi connectivity index (χ1) is 9.07. The Morgan fingerprint density at radius 1 is 1.16 bits per heavy atom. The van der Waals surface area contributed by atoms with Crippen molar-refractivity contribution in [3.05, 3.63) is 34.9 Å². The van der Waals surface area contributed by atoms with Gasteiger partial charge in [-0.15, -0.1) is 0 Å². The van der Waals surface area contributed by atoms with Crippen molar-refractivity contribution >= 4 is 11.6 Å². The Hall–Kier alpha value is -0.530. The summed E-state index contributed by atoms with van der Waals surface area (Å²) < 4.78 is 0. The van der Waals surface area contributed by atoms with E-state index in [9.17, 15) is 0 Å². The van der Waals surface area contributed by atoms with E-state index in [1.807, 2.05) is 12.1 Å². The van der Waals surface area contributed by atoms with Crippen LogP contribution in [-0.2, 0) is 6.42 Å². The van der Waals surface area contributed by atoms with Crippen molar-refractivity contribution in [3.63, 3.8) is 0 Å². The van der Waals surface area contributed by atoms with Crippen molar-refractivity contribution in [1.82, 2.24) is 5.32 Å². The smallest absolute Gasteiger partial charge is 0.0406 e. The van der Waals surface area contributed by atoms with Crippen LogP contribution in [0.4, 0.5) is 0 Å². The first-order valence-corrected chi connectivity index (χ1v) is 7.93. The molecule has 1 nitrogen and oxygen atoms in total. The van der Waals surface area contributed by atoms with Gasteiger partial charge in [-0.25, -0.2) is 0 Å². The van der Waals surface area contributed by atoms with E-state index in [-0.39, 0.29) is 0 Å². The molecule has 0 heterocycles. The minimum absolute atomic E-state index is 0.520. The number of nitrogens with one attached hydrogen (secondary N) is 1. The molecule has 2 heteroatoms. The number of halogens is 1. The molecule has 106 valence electrons. The maximum atomic E-state index is 5.91. The van der Waals surface area contributed by atoms with Gasteiger partial charge in [0.1, 0.15) is 0 Å². The van der Waals surface area contributed by atoms with Crippen LogP contribution in [0.15, 0.2) is 24.3 Å². The van der Waals surface area contributed by atoms with Gasteiger partial charge in [0.2, 0.25) is 0 Å². The Morgan fingerprint density at radius 3 is 2.42 bits per heavy atom. The molecular weight excluding hydrogens is 254 g/mol. The highest BCUT2D eigenvalue weighted by Crippen LogP contribution is 2.35. The van der Waals surface area contributed by atoms with Gasteiger partial charge in [0.15, 0.2) is 0 Å². The fourth-order valence-corrected chi connectivity index (χ4v) is 3.17. The highest BCUT2D eigenvalue weighted by atomic mass is 35.5. The Bertz CT molecular complexity index is 379. The molecule has 1 saturated carbocycles. The lowest BCUT2D eigenvalue weighted by atomic mass is 9.75. The van der Waals surface area contributed by atoms with Gasteiger partial charge in [-0.05, 0) is 49.3 Å². The molecule has 1 fully saturated rings. The predicted molar refractivity (Wildman–Crippen MR) is 83.8 cm³/mol. The van der Waals surface area contributed by atoms with Crippen LogP contribution in [0.2, 0.25) is 5.02 Å². The SMILES string of the molecule is CC(Cc1ccc(Cl)cc1)NCC1(C)CCCCC1. The van der Waals surface area contributed by atoms with E-state index >= 15 is 0 Å². The summed E-state index contributed by atoms with van der Waals surface area (Å²) in [4.78, 5) is 0. The molecule has 0 radical (unpaired) electrons. The molecule has 0 saturated heterocycles. The van der Waals surface area contributed by atoms with Crippen molar-refractivity contribution in [2.45, 2.75) is 58.4 Å². The van der Waals surface area contributed by atoms with Crippen molar-refractivity contribution < 1.29 is 0 Å². The Kier molecular flexibility index (Phi) is 5.29. The molecule has 1 atom stereocenters. The molecule has 0 aliphatic heterocycles. The number of rotatable bonds is 5. The average molecular weight is 280 g/mol. The van der Waals surface area contributed by atoms with Crippen LogP contribution in [-0.4, -0.2) is 12.6 Å². The predicted octanol–water partition coefficient (Wildman–Crippen LogP) is 4.83. The fourth-order valence-electron chi connectivity index (χ4n) is 3.05. The minimum Gasteiger partial charge on any atom is -0.313 e. The topological polar surface area (TPSA) is 12.0 Å². The van der Waals surface area contributed by atoms with Crippen LogP contribution in [0.5, 0.6) is 0 Å². The molecule has 1 aromatic rings. The molecule has 0 spiro atoms. The van der Waals surface area contributed by atoms with Gasteiger partial charge in [-0.3, -0.25) is 0 Å². The zero-order valence-electron chi connectivity index (χ0n) is 12.2. The normalized spacial score (nSPS) is 20.2. The van der Waals surface area contributed by atoms with Crippen LogP contribution in [0.25, 0.3) is 0 Å². The molecule has 1 aliphatic carbocycles. The van der Waals surface area contributed by atoms with Gasteiger partial charge in [0.05, 0.1) is 0 Å². The third-order valence-electron chi connectivity index (χ3n) is 4.39. The zero-order chi connectivity index (χ0) is 13.7. The number of hydrogen-bond donors (Lipinski definition) is 1. The summed E-state index contributed by atoms with van der Waals surface area (Å²) in [5, 5.41) is 4.54. The number of hydrogen-bond acceptors (Lipinski definition) is 1. The molecule has 2 rings (SSSR count). The molecule has 1 N–H and O–H groups in total. The van der Waals surface area contributed by atoms with Crippen molar-refractivity contribution in [2.24, 2.45) is 5.41 Å². The van der Waals surface area contributed by atoms with Crippen molar-refractivity contribution in [2.75, 3.05) is 6.54 Å². The first kappa shape index (κ1) is 14.9. The molecular formula is C17H26ClN. The lowest BCUT2D eigenvalue weighted by Gasteiger charge is -2.35. The van der Waals surface area contributed by atoms with Gasteiger partial charge in [0, 0.05) is 17.6 Å². The summed E-state index contributed by atoms with van der Waals surface area (Å²) in [6, 6.07) is 8.74. The summed E-state index contributed by atoms with van der Waals surface area (Å²) in [5.74, 6) is 0. The summed E-state index contributed by atoms with van der Waals surface area (Å²) >= 11 is 5.91. The summed E-state index contributed by atoms with van der Waals surface area (Å²) in [6.45, 7) is 5.87. The minimum atomic E-state index is 0.520. The largest absolute Gasteiger partial charge is 0.313 e. The Balaban J connectivity index is 1.77. The van der Waals surface area contributed by atoms with Gasteiger partial charge in [-0.1, -0.05) is 49.9 Å². The van der Waals surface area contributed by atoms with E-state index in [1.165, 1.54) is 37.7 Å². The maximum absolute atomic E-state index is 5.91. The van der Waals surface area contributed by atoms with Gasteiger partial charge >= 0.3 is 0 Å². The van der Waals surface area contributed by atoms with E-state index in [0.29, 0.717) is 11.5 Å². The Morgan fingerprint density at radius 2 is 1.79 bits per heavy atom. The summed E-state index contributed by atoms with van der Waals surface area (Å²) in [7, 11) is 0. The van der Waals surface area contributed by atoms with Crippen LogP contribution in [0.1, 0.15) is 51.5 Å². The molecule has 1 unspecified atom stereocenters. The number of benzene rings is 1. The second-order valence-corrected chi connectivity index (χ2v) is 6.92. The molecule has 1 aromatic carbocycles. The summed E-state index contributed by atoms with van der Waals surface area (Å²) in [5.41, 5.74) is 1.88. The third-order valence-corrected chi connectivity index (χ3v) is 4.65. The highest BCUT2D eigenvalue weighted by molar-refractivity contribution is 6.30. The van der Waals surface area contributed by atoms with Gasteiger partial charge in [0.25, 0.3) is 0 Å². The average Bonchev–Trinajstić information content (AvgIpc) is 2.40. The maximum Gasteiger partial charge on any atom is 0.0406 e.